The molecule has 1 aromatic carbocycles. The number of amides is 1. The zero-order valence-electron chi connectivity index (χ0n) is 24.1. The Morgan fingerprint density at radius 3 is 2.77 bits per heavy atom. The van der Waals surface area contributed by atoms with Crippen LogP contribution in [0.3, 0.4) is 0 Å². The lowest BCUT2D eigenvalue weighted by Crippen LogP contribution is -2.55. The maximum absolute atomic E-state index is 16.4. The molecular formula is C31H30FN9O2S. The van der Waals surface area contributed by atoms with Crippen LogP contribution in [0, 0.1) is 24.8 Å². The number of thioether (sulfide) groups is 1. The third kappa shape index (κ3) is 5.24. The van der Waals surface area contributed by atoms with Gasteiger partial charge < -0.3 is 20.1 Å². The van der Waals surface area contributed by atoms with E-state index in [0.29, 0.717) is 34.8 Å². The van der Waals surface area contributed by atoms with Crippen molar-refractivity contribution in [3.05, 3.63) is 81.7 Å². The first kappa shape index (κ1) is 29.2. The second-order valence-corrected chi connectivity index (χ2v) is 12.2. The Labute approximate surface area is 257 Å². The average molecular weight is 612 g/mol. The lowest BCUT2D eigenvalue weighted by Gasteiger charge is -2.44. The Kier molecular flexibility index (Phi) is 7.97. The summed E-state index contributed by atoms with van der Waals surface area (Å²) in [5, 5.41) is 18.1. The van der Waals surface area contributed by atoms with Gasteiger partial charge in [0.25, 0.3) is 11.5 Å². The number of benzene rings is 1. The number of halogens is 1. The van der Waals surface area contributed by atoms with Gasteiger partial charge in [0.15, 0.2) is 5.82 Å². The topological polar surface area (TPSA) is 127 Å². The number of anilines is 3. The normalized spacial score (nSPS) is 20.2. The number of hydrogen-bond donors (Lipinski definition) is 2. The SMILES string of the molecule is [C-]#[N+]c1ccc(N2CC[C@@](CC#N)(n3nc(Nc4ccc(C(=O)N5CCSCC5)c(C)c4)c4c(=O)[nH]ccc43)C(F)C2)nc1. The predicted molar refractivity (Wildman–Crippen MR) is 168 cm³/mol. The number of H-pyrrole nitrogens is 1. The number of rotatable bonds is 6. The van der Waals surface area contributed by atoms with Gasteiger partial charge in [0, 0.05) is 54.8 Å². The lowest BCUT2D eigenvalue weighted by molar-refractivity contribution is 0.0771. The van der Waals surface area contributed by atoms with Crippen molar-refractivity contribution in [1.82, 2.24) is 24.6 Å². The van der Waals surface area contributed by atoms with Gasteiger partial charge in [-0.05, 0) is 49.2 Å². The molecule has 0 radical (unpaired) electrons. The molecule has 2 atom stereocenters. The van der Waals surface area contributed by atoms with Crippen LogP contribution in [0.25, 0.3) is 15.7 Å². The quantitative estimate of drug-likeness (QED) is 0.299. The summed E-state index contributed by atoms with van der Waals surface area (Å²) in [5.41, 5.74) is 1.11. The molecule has 2 fully saturated rings. The van der Waals surface area contributed by atoms with Gasteiger partial charge in [0.2, 0.25) is 5.69 Å². The van der Waals surface area contributed by atoms with Crippen molar-refractivity contribution < 1.29 is 9.18 Å². The highest BCUT2D eigenvalue weighted by atomic mass is 32.2. The Balaban J connectivity index is 1.33. The molecule has 44 heavy (non-hydrogen) atoms. The number of nitriles is 1. The van der Waals surface area contributed by atoms with E-state index < -0.39 is 17.3 Å². The molecule has 2 saturated heterocycles. The van der Waals surface area contributed by atoms with Crippen molar-refractivity contribution in [3.63, 3.8) is 0 Å². The van der Waals surface area contributed by atoms with Crippen molar-refractivity contribution in [2.45, 2.75) is 31.5 Å². The van der Waals surface area contributed by atoms with E-state index in [1.54, 1.807) is 35.2 Å². The molecule has 11 nitrogen and oxygen atoms in total. The molecule has 6 rings (SSSR count). The molecule has 0 spiro atoms. The monoisotopic (exact) mass is 611 g/mol. The van der Waals surface area contributed by atoms with Crippen molar-refractivity contribution in [3.8, 4) is 6.07 Å². The predicted octanol–water partition coefficient (Wildman–Crippen LogP) is 4.77. The van der Waals surface area contributed by atoms with E-state index in [2.05, 4.69) is 26.2 Å². The van der Waals surface area contributed by atoms with Gasteiger partial charge in [-0.15, -0.1) is 0 Å². The first-order valence-corrected chi connectivity index (χ1v) is 15.4. The molecule has 1 unspecified atom stereocenters. The molecule has 2 aliphatic heterocycles. The summed E-state index contributed by atoms with van der Waals surface area (Å²) in [6.07, 6.45) is 1.51. The van der Waals surface area contributed by atoms with Gasteiger partial charge in [-0.2, -0.15) is 22.1 Å². The van der Waals surface area contributed by atoms with E-state index in [9.17, 15) is 14.9 Å². The number of aryl methyl sites for hydroxylation is 1. The van der Waals surface area contributed by atoms with E-state index in [-0.39, 0.29) is 36.5 Å². The molecule has 0 saturated carbocycles. The van der Waals surface area contributed by atoms with E-state index in [1.165, 1.54) is 17.1 Å². The number of nitrogens with zero attached hydrogens (tertiary/aromatic N) is 7. The van der Waals surface area contributed by atoms with Crippen LogP contribution in [-0.2, 0) is 5.54 Å². The fourth-order valence-electron chi connectivity index (χ4n) is 5.99. The highest BCUT2D eigenvalue weighted by Gasteiger charge is 2.47. The molecule has 13 heteroatoms. The van der Waals surface area contributed by atoms with Crippen molar-refractivity contribution in [2.75, 3.05) is 47.9 Å². The Morgan fingerprint density at radius 1 is 1.27 bits per heavy atom. The van der Waals surface area contributed by atoms with Gasteiger partial charge in [0.05, 0.1) is 31.1 Å². The lowest BCUT2D eigenvalue weighted by atomic mass is 9.83. The second-order valence-electron chi connectivity index (χ2n) is 11.0. The summed E-state index contributed by atoms with van der Waals surface area (Å²) in [7, 11) is 0. The van der Waals surface area contributed by atoms with Crippen LogP contribution in [0.1, 0.15) is 28.8 Å². The van der Waals surface area contributed by atoms with Crippen LogP contribution >= 0.6 is 11.8 Å². The fraction of sp³-hybridized carbons (Fsp3) is 0.355. The van der Waals surface area contributed by atoms with Gasteiger partial charge in [-0.25, -0.2) is 9.24 Å². The van der Waals surface area contributed by atoms with E-state index in [4.69, 9.17) is 11.7 Å². The van der Waals surface area contributed by atoms with Gasteiger partial charge >= 0.3 is 0 Å². The number of alkyl halides is 1. The summed E-state index contributed by atoms with van der Waals surface area (Å²) in [5.74, 6) is 2.62. The van der Waals surface area contributed by atoms with Crippen molar-refractivity contribution >= 4 is 51.6 Å². The number of aromatic amines is 1. The summed E-state index contributed by atoms with van der Waals surface area (Å²) < 4.78 is 17.9. The second kappa shape index (κ2) is 12.0. The number of pyridine rings is 2. The third-order valence-electron chi connectivity index (χ3n) is 8.39. The number of fused-ring (bicyclic) bond motifs is 1. The van der Waals surface area contributed by atoms with Crippen LogP contribution in [0.15, 0.2) is 53.6 Å². The van der Waals surface area contributed by atoms with Crippen LogP contribution in [0.2, 0.25) is 0 Å². The molecule has 224 valence electrons. The molecule has 4 aromatic rings. The Bertz CT molecular complexity index is 1850. The summed E-state index contributed by atoms with van der Waals surface area (Å²) in [6, 6.07) is 12.5. The minimum Gasteiger partial charge on any atom is -0.354 e. The fourth-order valence-corrected chi connectivity index (χ4v) is 6.89. The maximum atomic E-state index is 16.4. The highest BCUT2D eigenvalue weighted by Crippen LogP contribution is 2.40. The molecular weight excluding hydrogens is 581 g/mol. The van der Waals surface area contributed by atoms with Gasteiger partial charge in [-0.3, -0.25) is 19.3 Å². The minimum atomic E-state index is -1.52. The number of carbonyl (C=O) groups excluding carboxylic acids is 1. The minimum absolute atomic E-state index is 0.00294. The first-order chi connectivity index (χ1) is 21.3. The molecule has 1 amide bonds. The van der Waals surface area contributed by atoms with E-state index >= 15 is 4.39 Å². The van der Waals surface area contributed by atoms with E-state index in [0.717, 1.165) is 30.2 Å². The molecule has 5 heterocycles. The van der Waals surface area contributed by atoms with Crippen molar-refractivity contribution in [2.24, 2.45) is 0 Å². The molecule has 3 aromatic heterocycles. The molecule has 0 aliphatic carbocycles. The number of hydrogen-bond acceptors (Lipinski definition) is 8. The van der Waals surface area contributed by atoms with Crippen molar-refractivity contribution in [1.29, 1.82) is 5.26 Å². The van der Waals surface area contributed by atoms with Crippen LogP contribution in [0.4, 0.5) is 27.4 Å². The van der Waals surface area contributed by atoms with Gasteiger partial charge in [-0.1, -0.05) is 6.07 Å². The average Bonchev–Trinajstić information content (AvgIpc) is 3.42. The maximum Gasteiger partial charge on any atom is 0.261 e. The molecule has 2 N–H and O–H groups in total. The first-order valence-electron chi connectivity index (χ1n) is 14.3. The van der Waals surface area contributed by atoms with Crippen LogP contribution in [-0.4, -0.2) is 74.4 Å². The number of nitrogens with one attached hydrogen (secondary N) is 2. The van der Waals surface area contributed by atoms with Crippen LogP contribution in [0.5, 0.6) is 0 Å². The smallest absolute Gasteiger partial charge is 0.261 e. The third-order valence-corrected chi connectivity index (χ3v) is 9.33. The number of aromatic nitrogens is 4. The Morgan fingerprint density at radius 2 is 2.09 bits per heavy atom. The van der Waals surface area contributed by atoms with Crippen LogP contribution < -0.4 is 15.8 Å². The number of carbonyl (C=O) groups is 1. The number of piperidine rings is 1. The molecule has 0 bridgehead atoms. The summed E-state index contributed by atoms with van der Waals surface area (Å²) >= 11 is 1.84. The summed E-state index contributed by atoms with van der Waals surface area (Å²) in [4.78, 5) is 40.2. The summed E-state index contributed by atoms with van der Waals surface area (Å²) in [6.45, 7) is 10.8. The highest BCUT2D eigenvalue weighted by molar-refractivity contribution is 7.99. The Hall–Kier alpha value is -4.88. The largest absolute Gasteiger partial charge is 0.354 e. The molecule has 2 aliphatic rings. The van der Waals surface area contributed by atoms with E-state index in [1.807, 2.05) is 29.7 Å². The standard InChI is InChI=1S/C31H30FN9O2S/c1-20-17-21(3-5-23(20)30(43)39-13-15-44-16-14-39)37-28-27-24(7-11-35-29(27)42)41(38-28)31(8-10-33)9-12-40(19-25(31)32)26-6-4-22(34-2)18-36-26/h3-7,11,17-18,25H,8-9,12-16,19H2,1H3,(H,35,42)(H,37,38)/t25?,31-/m1/s1. The zero-order chi connectivity index (χ0) is 30.8. The zero-order valence-corrected chi connectivity index (χ0v) is 24.9. The van der Waals surface area contributed by atoms with Gasteiger partial charge in [0.1, 0.15) is 22.9 Å².